The molecule has 0 aliphatic heterocycles. The molecule has 34 heavy (non-hydrogen) atoms. The number of aryl methyl sites for hydroxylation is 2. The van der Waals surface area contributed by atoms with E-state index in [-0.39, 0.29) is 41.1 Å². The van der Waals surface area contributed by atoms with Crippen LogP contribution in [0.2, 0.25) is 0 Å². The van der Waals surface area contributed by atoms with E-state index in [2.05, 4.69) is 30.3 Å². The van der Waals surface area contributed by atoms with Crippen LogP contribution in [0.5, 0.6) is 11.5 Å². The predicted octanol–water partition coefficient (Wildman–Crippen LogP) is 3.82. The fraction of sp³-hybridized carbons (Fsp3) is 0.0714. The van der Waals surface area contributed by atoms with Gasteiger partial charge in [0.25, 0.3) is 0 Å². The molecule has 0 N–H and O–H groups in total. The van der Waals surface area contributed by atoms with Crippen molar-refractivity contribution in [1.82, 2.24) is 0 Å². The zero-order chi connectivity index (χ0) is 23.3. The van der Waals surface area contributed by atoms with Gasteiger partial charge in [0.1, 0.15) is 11.5 Å². The van der Waals surface area contributed by atoms with E-state index in [1.807, 2.05) is 68.4 Å². The summed E-state index contributed by atoms with van der Waals surface area (Å²) in [6, 6.07) is 32.4. The summed E-state index contributed by atoms with van der Waals surface area (Å²) in [4.78, 5) is 12.4. The van der Waals surface area contributed by atoms with Crippen molar-refractivity contribution in [2.75, 3.05) is 0 Å². The molecule has 6 heteroatoms. The van der Waals surface area contributed by atoms with Crippen LogP contribution in [0.3, 0.4) is 0 Å². The second-order valence-corrected chi connectivity index (χ2v) is 9.07. The van der Waals surface area contributed by atoms with Crippen LogP contribution in [0.25, 0.3) is 11.6 Å². The summed E-state index contributed by atoms with van der Waals surface area (Å²) >= 11 is 0. The summed E-state index contributed by atoms with van der Waals surface area (Å²) in [7, 11) is -4.58. The molecule has 4 aromatic rings. The van der Waals surface area contributed by atoms with Crippen LogP contribution >= 0.6 is 7.82 Å². The van der Waals surface area contributed by atoms with Crippen molar-refractivity contribution in [2.45, 2.75) is 13.8 Å². The Morgan fingerprint density at radius 1 is 0.706 bits per heavy atom. The van der Waals surface area contributed by atoms with Crippen molar-refractivity contribution in [1.29, 1.82) is 0 Å². The maximum Gasteiger partial charge on any atom is 1.00 e. The van der Waals surface area contributed by atoms with Gasteiger partial charge in [-0.25, -0.2) is 4.57 Å². The molecule has 0 bridgehead atoms. The molecule has 4 aromatic carbocycles. The van der Waals surface area contributed by atoms with Crippen LogP contribution in [0, 0.1) is 13.8 Å². The molecule has 1 atom stereocenters. The Morgan fingerprint density at radius 2 is 1.18 bits per heavy atom. The molecule has 0 amide bonds. The Bertz CT molecular complexity index is 1240. The number of rotatable bonds is 7. The number of hydrogen-bond acceptors (Lipinski definition) is 4. The van der Waals surface area contributed by atoms with Crippen molar-refractivity contribution in [3.63, 3.8) is 0 Å². The Labute approximate surface area is 222 Å². The SMILES string of the molecule is Cc1cc(C)cc(OP(=O)([O-])Oc2ccc(C=C(c3ccccc3)c3ccccc3)cc2)c1.[Na+]. The van der Waals surface area contributed by atoms with E-state index in [0.717, 1.165) is 33.4 Å². The van der Waals surface area contributed by atoms with E-state index in [9.17, 15) is 9.46 Å². The van der Waals surface area contributed by atoms with Gasteiger partial charge in [-0.1, -0.05) is 78.9 Å². The van der Waals surface area contributed by atoms with E-state index in [4.69, 9.17) is 9.05 Å². The molecule has 4 nitrogen and oxygen atoms in total. The van der Waals surface area contributed by atoms with Gasteiger partial charge in [0, 0.05) is 0 Å². The average molecular weight is 478 g/mol. The molecule has 0 aliphatic rings. The van der Waals surface area contributed by atoms with E-state index in [1.165, 1.54) is 0 Å². The van der Waals surface area contributed by atoms with E-state index in [1.54, 1.807) is 24.3 Å². The quantitative estimate of drug-likeness (QED) is 0.230. The predicted molar refractivity (Wildman–Crippen MR) is 131 cm³/mol. The zero-order valence-corrected chi connectivity index (χ0v) is 22.4. The van der Waals surface area contributed by atoms with Crippen molar-refractivity contribution in [3.8, 4) is 11.5 Å². The number of hydrogen-bond donors (Lipinski definition) is 0. The Kier molecular flexibility index (Phi) is 8.96. The molecule has 0 radical (unpaired) electrons. The second kappa shape index (κ2) is 11.7. The Hall–Kier alpha value is -2.59. The van der Waals surface area contributed by atoms with Crippen LogP contribution in [-0.2, 0) is 4.57 Å². The van der Waals surface area contributed by atoms with Gasteiger partial charge in [-0.05, 0) is 77.6 Å². The summed E-state index contributed by atoms with van der Waals surface area (Å²) in [6.07, 6.45) is 2.07. The average Bonchev–Trinajstić information content (AvgIpc) is 2.78. The number of phosphoric acid groups is 1. The molecule has 166 valence electrons. The van der Waals surface area contributed by atoms with Crippen molar-refractivity contribution >= 4 is 19.5 Å². The summed E-state index contributed by atoms with van der Waals surface area (Å²) in [6.45, 7) is 3.75. The summed E-state index contributed by atoms with van der Waals surface area (Å²) in [5.74, 6) is 0.427. The largest absolute Gasteiger partial charge is 1.00 e. The molecule has 0 saturated heterocycles. The molecule has 4 rings (SSSR count). The molecule has 0 aromatic heterocycles. The standard InChI is InChI=1S/C28H25O4P.Na/c1-21-17-22(2)19-27(18-21)32-33(29,30)31-26-15-13-23(14-16-26)20-28(24-9-5-3-6-10-24)25-11-7-4-8-12-25;/h3-20H,1-2H3,(H,29,30);/q;+1/p-1. The molecular weight excluding hydrogens is 454 g/mol. The van der Waals surface area contributed by atoms with Crippen LogP contribution in [0.4, 0.5) is 0 Å². The summed E-state index contributed by atoms with van der Waals surface area (Å²) in [5, 5.41) is 0. The third-order valence-corrected chi connectivity index (χ3v) is 5.86. The smallest absolute Gasteiger partial charge is 0.736 e. The van der Waals surface area contributed by atoms with Crippen LogP contribution in [0.1, 0.15) is 27.8 Å². The molecule has 0 aliphatic carbocycles. The van der Waals surface area contributed by atoms with Gasteiger partial charge in [0.05, 0.1) is 0 Å². The van der Waals surface area contributed by atoms with Gasteiger partial charge < -0.3 is 13.9 Å². The molecule has 0 spiro atoms. The fourth-order valence-electron chi connectivity index (χ4n) is 3.62. The molecule has 0 fully saturated rings. The fourth-order valence-corrected chi connectivity index (χ4v) is 4.40. The van der Waals surface area contributed by atoms with Gasteiger partial charge in [-0.2, -0.15) is 0 Å². The van der Waals surface area contributed by atoms with E-state index in [0.29, 0.717) is 0 Å². The third kappa shape index (κ3) is 7.20. The van der Waals surface area contributed by atoms with E-state index < -0.39 is 7.82 Å². The summed E-state index contributed by atoms with van der Waals surface area (Å²) in [5.41, 5.74) is 5.99. The minimum absolute atomic E-state index is 0. The van der Waals surface area contributed by atoms with Gasteiger partial charge in [-0.15, -0.1) is 0 Å². The monoisotopic (exact) mass is 478 g/mol. The molecular formula is C28H24NaO4P. The first-order valence-electron chi connectivity index (χ1n) is 10.6. The zero-order valence-electron chi connectivity index (χ0n) is 19.5. The normalized spacial score (nSPS) is 12.1. The van der Waals surface area contributed by atoms with Gasteiger partial charge >= 0.3 is 37.4 Å². The van der Waals surface area contributed by atoms with Crippen LogP contribution < -0.4 is 43.5 Å². The maximum atomic E-state index is 12.4. The van der Waals surface area contributed by atoms with Crippen LogP contribution in [-0.4, -0.2) is 0 Å². The van der Waals surface area contributed by atoms with Crippen molar-refractivity contribution in [2.24, 2.45) is 0 Å². The van der Waals surface area contributed by atoms with Crippen molar-refractivity contribution < 1.29 is 48.1 Å². The number of phosphoric ester groups is 1. The van der Waals surface area contributed by atoms with Gasteiger partial charge in [-0.3, -0.25) is 0 Å². The molecule has 0 saturated carbocycles. The number of benzene rings is 4. The maximum absolute atomic E-state index is 12.4. The first-order chi connectivity index (χ1) is 15.9. The summed E-state index contributed by atoms with van der Waals surface area (Å²) < 4.78 is 22.7. The first-order valence-corrected chi connectivity index (χ1v) is 12.1. The van der Waals surface area contributed by atoms with Gasteiger partial charge in [0.2, 0.25) is 0 Å². The first kappa shape index (κ1) is 26.0. The molecule has 0 heterocycles. The van der Waals surface area contributed by atoms with Gasteiger partial charge in [0.15, 0.2) is 0 Å². The van der Waals surface area contributed by atoms with E-state index >= 15 is 0 Å². The Balaban J connectivity index is 0.00000324. The second-order valence-electron chi connectivity index (χ2n) is 7.81. The third-order valence-electron chi connectivity index (χ3n) is 4.99. The minimum atomic E-state index is -4.58. The minimum Gasteiger partial charge on any atom is -0.736 e. The van der Waals surface area contributed by atoms with Crippen LogP contribution in [0.15, 0.2) is 103 Å². The molecule has 1 unspecified atom stereocenters. The Morgan fingerprint density at radius 3 is 1.68 bits per heavy atom. The van der Waals surface area contributed by atoms with Crippen molar-refractivity contribution in [3.05, 3.63) is 131 Å². The topological polar surface area (TPSA) is 58.6 Å².